The van der Waals surface area contributed by atoms with E-state index in [1.54, 1.807) is 0 Å². The number of methoxy groups -OCH3 is 1. The highest BCUT2D eigenvalue weighted by Gasteiger charge is 2.14. The predicted molar refractivity (Wildman–Crippen MR) is 60.9 cm³/mol. The molecule has 2 rings (SSSR count). The first-order valence-electron chi connectivity index (χ1n) is 4.34. The molecule has 7 heteroatoms. The van der Waals surface area contributed by atoms with Gasteiger partial charge < -0.3 is 4.74 Å². The molecule has 1 aromatic heterocycles. The van der Waals surface area contributed by atoms with E-state index in [0.29, 0.717) is 10.9 Å². The van der Waals surface area contributed by atoms with E-state index in [2.05, 4.69) is 9.84 Å². The minimum absolute atomic E-state index is 0. The molecule has 7 nitrogen and oxygen atoms in total. The number of benzene rings is 1. The maximum atomic E-state index is 11.3. The zero-order valence-electron chi connectivity index (χ0n) is 8.28. The molecule has 0 radical (unpaired) electrons. The number of nitrogens with zero attached hydrogens (tertiary/aromatic N) is 3. The van der Waals surface area contributed by atoms with Crippen molar-refractivity contribution in [3.8, 4) is 0 Å². The Hall–Kier alpha value is -2.44. The van der Waals surface area contributed by atoms with Gasteiger partial charge in [0.15, 0.2) is 0 Å². The number of nitro groups is 1. The summed E-state index contributed by atoms with van der Waals surface area (Å²) in [5, 5.41) is 15.0. The Morgan fingerprint density at radius 1 is 1.53 bits per heavy atom. The van der Waals surface area contributed by atoms with E-state index in [1.165, 1.54) is 31.5 Å². The molecule has 0 aliphatic carbocycles. The molecule has 1 aromatic carbocycles. The number of ether oxygens (including phenoxy) is 1. The summed E-state index contributed by atoms with van der Waals surface area (Å²) in [4.78, 5) is 21.3. The Morgan fingerprint density at radius 2 is 2.24 bits per heavy atom. The summed E-state index contributed by atoms with van der Waals surface area (Å²) >= 11 is 0. The van der Waals surface area contributed by atoms with Gasteiger partial charge >= 0.3 is 6.09 Å². The van der Waals surface area contributed by atoms with Gasteiger partial charge in [-0.2, -0.15) is 9.78 Å². The van der Waals surface area contributed by atoms with Gasteiger partial charge in [0.05, 0.1) is 23.7 Å². The Bertz CT molecular complexity index is 576. The Morgan fingerprint density at radius 3 is 2.82 bits per heavy atom. The molecule has 0 atom stereocenters. The van der Waals surface area contributed by atoms with Gasteiger partial charge in [-0.15, -0.1) is 0 Å². The van der Waals surface area contributed by atoms with E-state index in [9.17, 15) is 14.9 Å². The summed E-state index contributed by atoms with van der Waals surface area (Å²) in [7, 11) is 1.22. The molecule has 0 saturated carbocycles. The van der Waals surface area contributed by atoms with Gasteiger partial charge in [-0.05, 0) is 6.07 Å². The molecule has 0 bridgehead atoms. The second-order valence-electron chi connectivity index (χ2n) is 3.03. The molecule has 0 aliphatic rings. The van der Waals surface area contributed by atoms with Crippen LogP contribution in [-0.4, -0.2) is 27.9 Å². The first-order chi connectivity index (χ1) is 7.63. The van der Waals surface area contributed by atoms with Crippen LogP contribution in [0.5, 0.6) is 0 Å². The maximum absolute atomic E-state index is 11.3. The van der Waals surface area contributed by atoms with E-state index >= 15 is 0 Å². The molecule has 0 saturated heterocycles. The third kappa shape index (κ3) is 2.07. The van der Waals surface area contributed by atoms with Crippen molar-refractivity contribution in [1.82, 2.24) is 9.78 Å². The smallest absolute Gasteiger partial charge is 0.434 e. The van der Waals surface area contributed by atoms with Crippen molar-refractivity contribution >= 4 is 22.7 Å². The number of hydrogen-bond donors (Lipinski definition) is 0. The Labute approximate surface area is 96.7 Å². The Kier molecular flexibility index (Phi) is 3.42. The summed E-state index contributed by atoms with van der Waals surface area (Å²) in [5.41, 5.74) is 0.249. The number of carbonyl (C=O) groups excluding carboxylic acids is 1. The fraction of sp³-hybridized carbons (Fsp3) is 0.200. The van der Waals surface area contributed by atoms with Crippen molar-refractivity contribution < 1.29 is 14.5 Å². The first kappa shape index (κ1) is 12.6. The zero-order chi connectivity index (χ0) is 11.7. The van der Waals surface area contributed by atoms with E-state index in [4.69, 9.17) is 0 Å². The number of hydrogen-bond acceptors (Lipinski definition) is 5. The van der Waals surface area contributed by atoms with Crippen LogP contribution in [-0.2, 0) is 4.74 Å². The molecule has 0 unspecified atom stereocenters. The molecule has 0 spiro atoms. The molecule has 0 aliphatic heterocycles. The number of aromatic nitrogens is 2. The van der Waals surface area contributed by atoms with Crippen molar-refractivity contribution in [1.29, 1.82) is 0 Å². The number of fused-ring (bicyclic) bond motifs is 1. The molecule has 0 N–H and O–H groups in total. The van der Waals surface area contributed by atoms with Gasteiger partial charge in [0.1, 0.15) is 0 Å². The normalized spacial score (nSPS) is 9.71. The van der Waals surface area contributed by atoms with Crippen molar-refractivity contribution in [3.05, 3.63) is 34.5 Å². The fourth-order valence-corrected chi connectivity index (χ4v) is 1.35. The van der Waals surface area contributed by atoms with Crippen LogP contribution < -0.4 is 0 Å². The lowest BCUT2D eigenvalue weighted by atomic mass is 10.2. The monoisotopic (exact) mass is 237 g/mol. The quantitative estimate of drug-likeness (QED) is 0.560. The third-order valence-electron chi connectivity index (χ3n) is 2.11. The van der Waals surface area contributed by atoms with Gasteiger partial charge in [0.25, 0.3) is 5.69 Å². The molecule has 0 amide bonds. The largest absolute Gasteiger partial charge is 0.451 e. The molecule has 0 fully saturated rings. The summed E-state index contributed by atoms with van der Waals surface area (Å²) in [6, 6.07) is 4.16. The van der Waals surface area contributed by atoms with Crippen LogP contribution >= 0.6 is 0 Å². The molecular formula is C10H11N3O4. The van der Waals surface area contributed by atoms with Crippen molar-refractivity contribution in [2.45, 2.75) is 7.43 Å². The predicted octanol–water partition coefficient (Wildman–Crippen LogP) is 2.20. The van der Waals surface area contributed by atoms with Crippen LogP contribution in [0.2, 0.25) is 0 Å². The van der Waals surface area contributed by atoms with Gasteiger partial charge in [0, 0.05) is 17.5 Å². The minimum Gasteiger partial charge on any atom is -0.451 e. The van der Waals surface area contributed by atoms with E-state index in [0.717, 1.165) is 4.68 Å². The number of rotatable bonds is 1. The van der Waals surface area contributed by atoms with Gasteiger partial charge in [-0.1, -0.05) is 7.43 Å². The number of non-ortho nitro benzene ring substituents is 1. The van der Waals surface area contributed by atoms with Crippen molar-refractivity contribution in [2.24, 2.45) is 0 Å². The minimum atomic E-state index is -0.685. The molecule has 2 aromatic rings. The van der Waals surface area contributed by atoms with Crippen LogP contribution in [0.4, 0.5) is 10.5 Å². The van der Waals surface area contributed by atoms with Crippen LogP contribution in [0.25, 0.3) is 10.9 Å². The van der Waals surface area contributed by atoms with E-state index in [-0.39, 0.29) is 13.1 Å². The van der Waals surface area contributed by atoms with E-state index in [1.807, 2.05) is 0 Å². The molecular weight excluding hydrogens is 226 g/mol. The van der Waals surface area contributed by atoms with Crippen LogP contribution in [0.15, 0.2) is 24.4 Å². The lowest BCUT2D eigenvalue weighted by Gasteiger charge is -1.99. The van der Waals surface area contributed by atoms with Crippen LogP contribution in [0.1, 0.15) is 7.43 Å². The zero-order valence-corrected chi connectivity index (χ0v) is 8.28. The van der Waals surface area contributed by atoms with Crippen LogP contribution in [0.3, 0.4) is 0 Å². The second-order valence-corrected chi connectivity index (χ2v) is 3.03. The molecule has 90 valence electrons. The third-order valence-corrected chi connectivity index (χ3v) is 2.11. The van der Waals surface area contributed by atoms with Gasteiger partial charge in [-0.3, -0.25) is 10.1 Å². The highest BCUT2D eigenvalue weighted by Crippen LogP contribution is 2.20. The standard InChI is InChI=1S/C9H7N3O4.CH4/c1-16-9(13)11-8-4-7(12(14)15)3-2-6(8)5-10-11;/h2-5H,1H3;1H4. The van der Waals surface area contributed by atoms with Crippen molar-refractivity contribution in [3.63, 3.8) is 0 Å². The molecule has 17 heavy (non-hydrogen) atoms. The summed E-state index contributed by atoms with van der Waals surface area (Å²) in [6.45, 7) is 0. The summed E-state index contributed by atoms with van der Waals surface area (Å²) < 4.78 is 5.47. The average Bonchev–Trinajstić information content (AvgIpc) is 2.70. The highest BCUT2D eigenvalue weighted by atomic mass is 16.6. The average molecular weight is 237 g/mol. The van der Waals surface area contributed by atoms with Crippen LogP contribution in [0, 0.1) is 10.1 Å². The number of carbonyl (C=O) groups is 1. The van der Waals surface area contributed by atoms with Gasteiger partial charge in [0.2, 0.25) is 0 Å². The summed E-state index contributed by atoms with van der Waals surface area (Å²) in [5.74, 6) is 0. The molecule has 1 heterocycles. The van der Waals surface area contributed by atoms with Gasteiger partial charge in [-0.25, -0.2) is 4.79 Å². The fourth-order valence-electron chi connectivity index (χ4n) is 1.35. The number of nitro benzene ring substituents is 1. The first-order valence-corrected chi connectivity index (χ1v) is 4.34. The topological polar surface area (TPSA) is 87.3 Å². The maximum Gasteiger partial charge on any atom is 0.434 e. The van der Waals surface area contributed by atoms with Crippen molar-refractivity contribution in [2.75, 3.05) is 7.11 Å². The lowest BCUT2D eigenvalue weighted by molar-refractivity contribution is -0.384. The SMILES string of the molecule is C.COC(=O)n1ncc2ccc([N+](=O)[O-])cc21. The summed E-state index contributed by atoms with van der Waals surface area (Å²) in [6.07, 6.45) is 0.756. The Balaban J connectivity index is 0.00000144. The van der Waals surface area contributed by atoms with E-state index < -0.39 is 11.0 Å². The second kappa shape index (κ2) is 4.60. The lowest BCUT2D eigenvalue weighted by Crippen LogP contribution is -2.12. The highest BCUT2D eigenvalue weighted by molar-refractivity contribution is 5.88.